The molecule has 6 nitrogen and oxygen atoms in total. The summed E-state index contributed by atoms with van der Waals surface area (Å²) in [6.07, 6.45) is 8.43. The number of nitrogens with one attached hydrogen (secondary N) is 3. The predicted molar refractivity (Wildman–Crippen MR) is 138 cm³/mol. The van der Waals surface area contributed by atoms with E-state index in [0.717, 1.165) is 59.6 Å². The highest BCUT2D eigenvalue weighted by Gasteiger charge is 2.31. The van der Waals surface area contributed by atoms with Crippen LogP contribution < -0.4 is 15.5 Å². The number of pyridine rings is 1. The second-order valence-electron chi connectivity index (χ2n) is 8.87. The van der Waals surface area contributed by atoms with Gasteiger partial charge < -0.3 is 20.9 Å². The molecular formula is C28H29N5O. The molecule has 1 aromatic heterocycles. The number of aromatic nitrogens is 1. The molecule has 1 aliphatic heterocycles. The Labute approximate surface area is 200 Å². The van der Waals surface area contributed by atoms with E-state index in [1.807, 2.05) is 42.3 Å². The zero-order valence-electron chi connectivity index (χ0n) is 19.3. The van der Waals surface area contributed by atoms with E-state index in [1.54, 1.807) is 12.4 Å². The third-order valence-corrected chi connectivity index (χ3v) is 6.81. The van der Waals surface area contributed by atoms with Crippen molar-refractivity contribution in [3.63, 3.8) is 0 Å². The lowest BCUT2D eigenvalue weighted by Gasteiger charge is -2.27. The number of aryl methyl sites for hydroxylation is 2. The van der Waals surface area contributed by atoms with Crippen molar-refractivity contribution in [2.75, 3.05) is 17.3 Å². The SMILES string of the molecule is CN/C=C(\C=N)c1ccc2c(c1)N(C(=O)C1CCc3ccccc3CC1)Cc1cccnc1N2. The average molecular weight is 452 g/mol. The number of allylic oxidation sites excluding steroid dienone is 1. The number of benzene rings is 2. The molecule has 2 heterocycles. The predicted octanol–water partition coefficient (Wildman–Crippen LogP) is 5.08. The van der Waals surface area contributed by atoms with Crippen LogP contribution in [0.5, 0.6) is 0 Å². The van der Waals surface area contributed by atoms with Crippen LogP contribution in [-0.2, 0) is 24.2 Å². The quantitative estimate of drug-likeness (QED) is 0.382. The summed E-state index contributed by atoms with van der Waals surface area (Å²) in [5.41, 5.74) is 7.02. The van der Waals surface area contributed by atoms with Crippen molar-refractivity contribution in [1.29, 1.82) is 5.41 Å². The van der Waals surface area contributed by atoms with Gasteiger partial charge in [0.05, 0.1) is 17.9 Å². The highest BCUT2D eigenvalue weighted by Crippen LogP contribution is 2.38. The smallest absolute Gasteiger partial charge is 0.230 e. The van der Waals surface area contributed by atoms with Crippen LogP contribution in [0.1, 0.15) is 35.1 Å². The van der Waals surface area contributed by atoms with Crippen molar-refractivity contribution in [3.8, 4) is 0 Å². The first-order chi connectivity index (χ1) is 16.7. The molecule has 6 heteroatoms. The van der Waals surface area contributed by atoms with Crippen molar-refractivity contribution >= 4 is 34.9 Å². The number of anilines is 3. The van der Waals surface area contributed by atoms with Gasteiger partial charge in [-0.3, -0.25) is 4.79 Å². The molecule has 0 saturated heterocycles. The Morgan fingerprint density at radius 2 is 1.82 bits per heavy atom. The van der Waals surface area contributed by atoms with Crippen LogP contribution in [0.2, 0.25) is 0 Å². The second kappa shape index (κ2) is 9.51. The summed E-state index contributed by atoms with van der Waals surface area (Å²) in [6, 6.07) is 18.4. The first kappa shape index (κ1) is 21.9. The van der Waals surface area contributed by atoms with Crippen LogP contribution in [-0.4, -0.2) is 24.2 Å². The summed E-state index contributed by atoms with van der Waals surface area (Å²) in [5.74, 6) is 0.883. The summed E-state index contributed by atoms with van der Waals surface area (Å²) < 4.78 is 0. The minimum Gasteiger partial charge on any atom is -0.393 e. The molecule has 34 heavy (non-hydrogen) atoms. The summed E-state index contributed by atoms with van der Waals surface area (Å²) in [6.45, 7) is 0.463. The van der Waals surface area contributed by atoms with Crippen molar-refractivity contribution in [2.24, 2.45) is 5.92 Å². The fourth-order valence-corrected chi connectivity index (χ4v) is 4.98. The van der Waals surface area contributed by atoms with Crippen LogP contribution in [0.15, 0.2) is 67.0 Å². The molecule has 0 fully saturated rings. The Hall–Kier alpha value is -3.93. The lowest BCUT2D eigenvalue weighted by atomic mass is 9.96. The molecule has 0 atom stereocenters. The molecule has 3 N–H and O–H groups in total. The van der Waals surface area contributed by atoms with Gasteiger partial charge in [0.2, 0.25) is 5.91 Å². The van der Waals surface area contributed by atoms with Gasteiger partial charge in [-0.15, -0.1) is 0 Å². The summed E-state index contributed by atoms with van der Waals surface area (Å²) >= 11 is 0. The highest BCUT2D eigenvalue weighted by molar-refractivity contribution is 6.09. The first-order valence-corrected chi connectivity index (χ1v) is 11.8. The monoisotopic (exact) mass is 451 g/mol. The van der Waals surface area contributed by atoms with Gasteiger partial charge in [0.15, 0.2) is 0 Å². The molecule has 2 aliphatic rings. The van der Waals surface area contributed by atoms with Gasteiger partial charge >= 0.3 is 0 Å². The molecule has 0 spiro atoms. The Bertz CT molecular complexity index is 1240. The highest BCUT2D eigenvalue weighted by atomic mass is 16.2. The number of hydrogen-bond donors (Lipinski definition) is 3. The van der Waals surface area contributed by atoms with Crippen LogP contribution >= 0.6 is 0 Å². The Kier molecular flexibility index (Phi) is 6.12. The van der Waals surface area contributed by atoms with E-state index in [2.05, 4.69) is 39.9 Å². The van der Waals surface area contributed by atoms with E-state index in [1.165, 1.54) is 17.3 Å². The van der Waals surface area contributed by atoms with Crippen LogP contribution in [0.4, 0.5) is 17.2 Å². The summed E-state index contributed by atoms with van der Waals surface area (Å²) in [5, 5.41) is 14.3. The minimum absolute atomic E-state index is 0.0443. The number of amides is 1. The van der Waals surface area contributed by atoms with E-state index in [-0.39, 0.29) is 11.8 Å². The van der Waals surface area contributed by atoms with E-state index in [4.69, 9.17) is 5.41 Å². The molecule has 0 bridgehead atoms. The largest absolute Gasteiger partial charge is 0.393 e. The molecular weight excluding hydrogens is 422 g/mol. The van der Waals surface area contributed by atoms with E-state index in [0.29, 0.717) is 6.54 Å². The molecule has 1 amide bonds. The molecule has 0 radical (unpaired) electrons. The third kappa shape index (κ3) is 4.19. The van der Waals surface area contributed by atoms with Crippen LogP contribution in [0, 0.1) is 11.3 Å². The van der Waals surface area contributed by atoms with Crippen molar-refractivity contribution in [3.05, 3.63) is 89.2 Å². The van der Waals surface area contributed by atoms with Gasteiger partial charge in [-0.05, 0) is 60.6 Å². The fourth-order valence-electron chi connectivity index (χ4n) is 4.98. The van der Waals surface area contributed by atoms with Crippen molar-refractivity contribution < 1.29 is 4.79 Å². The topological polar surface area (TPSA) is 81.1 Å². The van der Waals surface area contributed by atoms with Gasteiger partial charge in [0.1, 0.15) is 5.82 Å². The van der Waals surface area contributed by atoms with E-state index < -0.39 is 0 Å². The number of carbonyl (C=O) groups excluding carboxylic acids is 1. The number of hydrogen-bond acceptors (Lipinski definition) is 5. The molecule has 1 aliphatic carbocycles. The fraction of sp³-hybridized carbons (Fsp3) is 0.250. The number of nitrogens with zero attached hydrogens (tertiary/aromatic N) is 2. The molecule has 3 aromatic rings. The molecule has 5 rings (SSSR count). The number of fused-ring (bicyclic) bond motifs is 3. The normalized spacial score (nSPS) is 15.7. The van der Waals surface area contributed by atoms with Crippen molar-refractivity contribution in [2.45, 2.75) is 32.2 Å². The summed E-state index contributed by atoms with van der Waals surface area (Å²) in [4.78, 5) is 20.5. The summed E-state index contributed by atoms with van der Waals surface area (Å²) in [7, 11) is 1.82. The van der Waals surface area contributed by atoms with Crippen LogP contribution in [0.25, 0.3) is 5.57 Å². The zero-order chi connectivity index (χ0) is 23.5. The average Bonchev–Trinajstić information content (AvgIpc) is 3.19. The van der Waals surface area contributed by atoms with Gasteiger partial charge in [0.25, 0.3) is 0 Å². The number of carbonyl (C=O) groups is 1. The Balaban J connectivity index is 1.53. The molecule has 0 unspecified atom stereocenters. The minimum atomic E-state index is -0.0443. The van der Waals surface area contributed by atoms with Gasteiger partial charge in [-0.2, -0.15) is 0 Å². The molecule has 0 saturated carbocycles. The third-order valence-electron chi connectivity index (χ3n) is 6.81. The lowest BCUT2D eigenvalue weighted by Crippen LogP contribution is -2.36. The van der Waals surface area contributed by atoms with Crippen molar-refractivity contribution in [1.82, 2.24) is 10.3 Å². The number of rotatable bonds is 4. The van der Waals surface area contributed by atoms with E-state index in [9.17, 15) is 4.79 Å². The van der Waals surface area contributed by atoms with Gasteiger partial charge in [-0.1, -0.05) is 36.4 Å². The van der Waals surface area contributed by atoms with Crippen LogP contribution in [0.3, 0.4) is 0 Å². The van der Waals surface area contributed by atoms with E-state index >= 15 is 0 Å². The molecule has 2 aromatic carbocycles. The second-order valence-corrected chi connectivity index (χ2v) is 8.87. The standard InChI is InChI=1S/C28H29N5O/c1-30-17-24(16-29)22-12-13-25-26(15-22)33(18-23-7-4-14-31-27(23)32-25)28(34)21-10-8-19-5-2-3-6-20(19)9-11-21/h2-7,12-17,21,29-30H,8-11,18H2,1H3,(H,31,32)/b24-17+,29-16?. The maximum Gasteiger partial charge on any atom is 0.230 e. The Morgan fingerprint density at radius 3 is 2.53 bits per heavy atom. The molecule has 172 valence electrons. The maximum atomic E-state index is 14.1. The van der Waals surface area contributed by atoms with Gasteiger partial charge in [-0.25, -0.2) is 4.98 Å². The lowest BCUT2D eigenvalue weighted by molar-refractivity contribution is -0.122. The van der Waals surface area contributed by atoms with Gasteiger partial charge in [0, 0.05) is 42.7 Å². The zero-order valence-corrected chi connectivity index (χ0v) is 19.3. The Morgan fingerprint density at radius 1 is 1.09 bits per heavy atom. The maximum absolute atomic E-state index is 14.1. The first-order valence-electron chi connectivity index (χ1n) is 11.8.